The Morgan fingerprint density at radius 3 is 1.22 bits per heavy atom. The quantitative estimate of drug-likeness (QED) is 0.0561. The van der Waals surface area contributed by atoms with E-state index in [9.17, 15) is 39.0 Å². The number of carbonyl (C=O) groups is 6. The molecule has 0 aliphatic rings. The van der Waals surface area contributed by atoms with Crippen molar-refractivity contribution in [3.05, 3.63) is 174 Å². The molecule has 24 nitrogen and oxygen atoms in total. The SMILES string of the molecule is Cc1nc2cc(CNC(=O)c3cc(C(=O)NCc4ccc(C(=O)O)c(C)c4)n4c(=S)[nH]nc4n3)ccc2o1.Cc1nc2cc(CNC(=O)c3cc(C(=O)NCc4ccc(C(=O)O)c(C)c4)nc4n[nH]c(=S)n34)ccc2o1. The summed E-state index contributed by atoms with van der Waals surface area (Å²) in [7, 11) is 0. The number of H-pyrrole nitrogens is 2. The minimum Gasteiger partial charge on any atom is -0.478 e. The second-order valence-corrected chi connectivity index (χ2v) is 17.9. The van der Waals surface area contributed by atoms with Gasteiger partial charge in [-0.15, -0.1) is 10.2 Å². The predicted molar refractivity (Wildman–Crippen MR) is 275 cm³/mol. The highest BCUT2D eigenvalue weighted by atomic mass is 32.1. The monoisotopic (exact) mass is 1060 g/mol. The molecule has 8 N–H and O–H groups in total. The van der Waals surface area contributed by atoms with Crippen molar-refractivity contribution in [1.82, 2.24) is 70.4 Å². The maximum absolute atomic E-state index is 13.2. The van der Waals surface area contributed by atoms with Gasteiger partial charge >= 0.3 is 11.9 Å². The van der Waals surface area contributed by atoms with Gasteiger partial charge in [-0.3, -0.25) is 19.2 Å². The topological polar surface area (TPSA) is 335 Å². The highest BCUT2D eigenvalue weighted by molar-refractivity contribution is 7.71. The molecule has 6 aromatic heterocycles. The van der Waals surface area contributed by atoms with Crippen LogP contribution < -0.4 is 21.3 Å². The molecule has 0 fully saturated rings. The van der Waals surface area contributed by atoms with Crippen LogP contribution in [0.2, 0.25) is 0 Å². The molecule has 0 spiro atoms. The molecule has 0 aliphatic carbocycles. The molecule has 0 unspecified atom stereocenters. The molecule has 0 atom stereocenters. The molecule has 10 aromatic rings. The van der Waals surface area contributed by atoms with Crippen LogP contribution in [0.5, 0.6) is 0 Å². The van der Waals surface area contributed by atoms with Crippen molar-refractivity contribution in [2.24, 2.45) is 0 Å². The van der Waals surface area contributed by atoms with Gasteiger partial charge in [-0.2, -0.15) is 0 Å². The molecule has 4 amide bonds. The molecule has 10 rings (SSSR count). The summed E-state index contributed by atoms with van der Waals surface area (Å²) in [5, 5.41) is 42.7. The second-order valence-electron chi connectivity index (χ2n) is 17.1. The standard InChI is InChI=1S/2C25H21N7O5S/c1-12-7-14(3-5-16(12)23(35)36)10-27-22(34)19-9-18(29-24-30-31-25(38)32(19)24)21(33)26-11-15-4-6-20-17(8-15)28-13(2)37-20;1-12-7-14(3-5-16(12)23(35)36)10-26-21(33)18-9-19(32-24(29-18)30-31-25(32)38)22(34)27-11-15-4-6-20-17(8-15)28-13(2)37-20/h2*3-9H,10-11H2,1-2H3,(H,26,33)(H,27,34)(H,31,38)(H,35,36). The number of nitrogens with one attached hydrogen (secondary N) is 6. The van der Waals surface area contributed by atoms with E-state index in [0.717, 1.165) is 11.1 Å². The van der Waals surface area contributed by atoms with Gasteiger partial charge in [-0.25, -0.2) is 48.5 Å². The van der Waals surface area contributed by atoms with E-state index in [1.165, 1.54) is 33.1 Å². The number of aromatic nitrogens is 10. The fourth-order valence-corrected chi connectivity index (χ4v) is 8.49. The summed E-state index contributed by atoms with van der Waals surface area (Å²) in [5.41, 5.74) is 7.34. The number of amides is 4. The van der Waals surface area contributed by atoms with Crippen LogP contribution in [0.25, 0.3) is 33.8 Å². The molecule has 0 aliphatic heterocycles. The van der Waals surface area contributed by atoms with Gasteiger partial charge in [0.2, 0.25) is 9.54 Å². The van der Waals surface area contributed by atoms with Crippen molar-refractivity contribution in [3.8, 4) is 0 Å². The Labute approximate surface area is 437 Å². The average molecular weight is 1060 g/mol. The highest BCUT2D eigenvalue weighted by Crippen LogP contribution is 2.20. The van der Waals surface area contributed by atoms with Gasteiger partial charge in [-0.05, 0) is 120 Å². The van der Waals surface area contributed by atoms with Crippen molar-refractivity contribution >= 4 is 93.8 Å². The Hall–Kier alpha value is -9.82. The number of aromatic carboxylic acids is 2. The fraction of sp³-hybridized carbons (Fsp3) is 0.160. The zero-order chi connectivity index (χ0) is 53.9. The third-order valence-electron chi connectivity index (χ3n) is 11.7. The number of fused-ring (bicyclic) bond motifs is 4. The molecule has 6 heterocycles. The predicted octanol–water partition coefficient (Wildman–Crippen LogP) is 6.21. The minimum absolute atomic E-state index is 0.0170. The number of nitrogens with zero attached hydrogens (tertiary/aromatic N) is 8. The molecular formula is C50H42N14O10S2. The van der Waals surface area contributed by atoms with Gasteiger partial charge in [0.1, 0.15) is 33.8 Å². The van der Waals surface area contributed by atoms with Crippen LogP contribution in [0.15, 0.2) is 93.8 Å². The van der Waals surface area contributed by atoms with Crippen molar-refractivity contribution in [2.75, 3.05) is 0 Å². The lowest BCUT2D eigenvalue weighted by Gasteiger charge is -2.10. The summed E-state index contributed by atoms with van der Waals surface area (Å²) >= 11 is 10.5. The number of rotatable bonds is 14. The van der Waals surface area contributed by atoms with Crippen LogP contribution in [0.1, 0.15) is 108 Å². The third kappa shape index (κ3) is 11.1. The van der Waals surface area contributed by atoms with Crippen LogP contribution in [-0.4, -0.2) is 94.9 Å². The maximum Gasteiger partial charge on any atom is 0.335 e. The number of aromatic amines is 2. The van der Waals surface area contributed by atoms with Gasteiger partial charge in [0.25, 0.3) is 35.2 Å². The first-order chi connectivity index (χ1) is 36.4. The number of benzene rings is 4. The number of oxazole rings is 2. The first-order valence-electron chi connectivity index (χ1n) is 22.9. The van der Waals surface area contributed by atoms with Gasteiger partial charge in [0.15, 0.2) is 22.9 Å². The normalized spacial score (nSPS) is 11.1. The Morgan fingerprint density at radius 1 is 0.500 bits per heavy atom. The fourth-order valence-electron chi connectivity index (χ4n) is 8.04. The van der Waals surface area contributed by atoms with E-state index in [1.54, 1.807) is 64.1 Å². The van der Waals surface area contributed by atoms with E-state index in [4.69, 9.17) is 33.3 Å². The summed E-state index contributed by atoms with van der Waals surface area (Å²) in [5.74, 6) is -2.87. The molecule has 0 radical (unpaired) electrons. The number of carboxylic acid groups (broad SMARTS) is 2. The smallest absolute Gasteiger partial charge is 0.335 e. The van der Waals surface area contributed by atoms with E-state index < -0.39 is 35.6 Å². The van der Waals surface area contributed by atoms with E-state index in [-0.39, 0.29) is 81.2 Å². The summed E-state index contributed by atoms with van der Waals surface area (Å²) in [6.45, 7) is 7.53. The lowest BCUT2D eigenvalue weighted by Crippen LogP contribution is -2.28. The first-order valence-corrected chi connectivity index (χ1v) is 23.7. The summed E-state index contributed by atoms with van der Waals surface area (Å²) in [6, 6.07) is 23.1. The molecule has 384 valence electrons. The van der Waals surface area contributed by atoms with Gasteiger partial charge in [0, 0.05) is 40.0 Å². The molecule has 4 aromatic carbocycles. The summed E-state index contributed by atoms with van der Waals surface area (Å²) in [6.07, 6.45) is 0. The number of aryl methyl sites for hydroxylation is 4. The Bertz CT molecular complexity index is 4130. The Morgan fingerprint density at radius 2 is 0.855 bits per heavy atom. The second kappa shape index (κ2) is 21.3. The zero-order valence-corrected chi connectivity index (χ0v) is 42.1. The first kappa shape index (κ1) is 51.1. The Balaban J connectivity index is 0.000000186. The van der Waals surface area contributed by atoms with Crippen LogP contribution in [0, 0.1) is 37.2 Å². The summed E-state index contributed by atoms with van der Waals surface area (Å²) in [4.78, 5) is 91.7. The van der Waals surface area contributed by atoms with E-state index in [2.05, 4.69) is 61.6 Å². The van der Waals surface area contributed by atoms with Crippen LogP contribution in [-0.2, 0) is 26.2 Å². The van der Waals surface area contributed by atoms with Crippen molar-refractivity contribution in [1.29, 1.82) is 0 Å². The molecular weight excluding hydrogens is 1020 g/mol. The van der Waals surface area contributed by atoms with E-state index in [1.807, 2.05) is 24.3 Å². The van der Waals surface area contributed by atoms with Crippen molar-refractivity contribution in [3.63, 3.8) is 0 Å². The number of carbonyl (C=O) groups excluding carboxylic acids is 4. The number of carboxylic acids is 2. The number of hydrogen-bond donors (Lipinski definition) is 8. The molecule has 0 bridgehead atoms. The lowest BCUT2D eigenvalue weighted by atomic mass is 10.1. The van der Waals surface area contributed by atoms with E-state index >= 15 is 0 Å². The third-order valence-corrected chi connectivity index (χ3v) is 12.2. The molecule has 76 heavy (non-hydrogen) atoms. The van der Waals surface area contributed by atoms with Crippen LogP contribution >= 0.6 is 24.4 Å². The Kier molecular flexibility index (Phi) is 14.3. The van der Waals surface area contributed by atoms with Crippen molar-refractivity contribution in [2.45, 2.75) is 53.9 Å². The summed E-state index contributed by atoms with van der Waals surface area (Å²) < 4.78 is 13.9. The largest absolute Gasteiger partial charge is 0.478 e. The van der Waals surface area contributed by atoms with Gasteiger partial charge in [0.05, 0.1) is 11.1 Å². The lowest BCUT2D eigenvalue weighted by molar-refractivity contribution is 0.0685. The highest BCUT2D eigenvalue weighted by Gasteiger charge is 2.21. The molecule has 0 saturated carbocycles. The minimum atomic E-state index is -1.02. The molecule has 26 heteroatoms. The van der Waals surface area contributed by atoms with Gasteiger partial charge < -0.3 is 40.3 Å². The van der Waals surface area contributed by atoms with Gasteiger partial charge in [-0.1, -0.05) is 36.4 Å². The van der Waals surface area contributed by atoms with E-state index in [0.29, 0.717) is 56.2 Å². The molecule has 0 saturated heterocycles. The van der Waals surface area contributed by atoms with Crippen LogP contribution in [0.4, 0.5) is 0 Å². The zero-order valence-electron chi connectivity index (χ0n) is 40.5. The van der Waals surface area contributed by atoms with Crippen LogP contribution in [0.3, 0.4) is 0 Å². The maximum atomic E-state index is 13.2. The average Bonchev–Trinajstić information content (AvgIpc) is 4.18. The number of hydrogen-bond acceptors (Lipinski definition) is 16. The van der Waals surface area contributed by atoms with Crippen molar-refractivity contribution < 1.29 is 47.8 Å².